The van der Waals surface area contributed by atoms with Crippen LogP contribution in [0.3, 0.4) is 0 Å². The Morgan fingerprint density at radius 2 is 1.68 bits per heavy atom. The maximum Gasteiger partial charge on any atom is 0.278 e. The monoisotopic (exact) mass is 423 g/mol. The number of ether oxygens (including phenoxy) is 1. The zero-order valence-corrected chi connectivity index (χ0v) is 17.8. The summed E-state index contributed by atoms with van der Waals surface area (Å²) in [5, 5.41) is 3.19. The van der Waals surface area contributed by atoms with E-state index in [9.17, 15) is 14.0 Å². The van der Waals surface area contributed by atoms with E-state index in [1.807, 2.05) is 32.0 Å². The predicted octanol–water partition coefficient (Wildman–Crippen LogP) is 2.97. The summed E-state index contributed by atoms with van der Waals surface area (Å²) in [7, 11) is 0. The van der Waals surface area contributed by atoms with E-state index in [0.717, 1.165) is 29.9 Å². The molecule has 1 saturated heterocycles. The first-order chi connectivity index (χ1) is 14.9. The molecule has 1 fully saturated rings. The van der Waals surface area contributed by atoms with Crippen molar-refractivity contribution in [2.24, 2.45) is 0 Å². The second-order valence-electron chi connectivity index (χ2n) is 7.92. The third kappa shape index (κ3) is 4.52. The molecule has 0 bridgehead atoms. The number of morpholine rings is 1. The Morgan fingerprint density at radius 3 is 2.35 bits per heavy atom. The van der Waals surface area contributed by atoms with Gasteiger partial charge in [-0.1, -0.05) is 29.8 Å². The van der Waals surface area contributed by atoms with Gasteiger partial charge in [0.1, 0.15) is 11.5 Å². The summed E-state index contributed by atoms with van der Waals surface area (Å²) in [6, 6.07) is 11.5. The highest BCUT2D eigenvalue weighted by Crippen LogP contribution is 2.31. The average molecular weight is 423 g/mol. The molecule has 162 valence electrons. The molecule has 31 heavy (non-hydrogen) atoms. The molecule has 2 amide bonds. The normalized spacial score (nSPS) is 17.6. The van der Waals surface area contributed by atoms with Crippen molar-refractivity contribution in [2.45, 2.75) is 13.8 Å². The van der Waals surface area contributed by atoms with Gasteiger partial charge in [-0.15, -0.1) is 0 Å². The summed E-state index contributed by atoms with van der Waals surface area (Å²) in [6.45, 7) is 7.70. The largest absolute Gasteiger partial charge is 0.379 e. The van der Waals surface area contributed by atoms with Crippen LogP contribution in [0, 0.1) is 19.7 Å². The van der Waals surface area contributed by atoms with Crippen LogP contribution >= 0.6 is 0 Å². The molecule has 0 unspecified atom stereocenters. The fourth-order valence-corrected chi connectivity index (χ4v) is 3.93. The first-order valence-corrected chi connectivity index (χ1v) is 10.4. The van der Waals surface area contributed by atoms with Crippen LogP contribution in [0.1, 0.15) is 16.7 Å². The molecular formula is C24H26FN3O3. The van der Waals surface area contributed by atoms with E-state index in [1.165, 1.54) is 29.2 Å². The average Bonchev–Trinajstić information content (AvgIpc) is 2.99. The summed E-state index contributed by atoms with van der Waals surface area (Å²) in [5.74, 6) is -1.12. The lowest BCUT2D eigenvalue weighted by Crippen LogP contribution is -2.43. The van der Waals surface area contributed by atoms with Crippen molar-refractivity contribution in [2.75, 3.05) is 44.7 Å². The fraction of sp³-hybridized carbons (Fsp3) is 0.333. The van der Waals surface area contributed by atoms with Gasteiger partial charge >= 0.3 is 0 Å². The van der Waals surface area contributed by atoms with Gasteiger partial charge in [-0.25, -0.2) is 4.39 Å². The van der Waals surface area contributed by atoms with Crippen LogP contribution in [0.5, 0.6) is 0 Å². The molecule has 0 atom stereocenters. The second-order valence-corrected chi connectivity index (χ2v) is 7.92. The third-order valence-corrected chi connectivity index (χ3v) is 5.69. The highest BCUT2D eigenvalue weighted by Gasteiger charge is 2.39. The second kappa shape index (κ2) is 8.99. The van der Waals surface area contributed by atoms with Gasteiger partial charge in [0.05, 0.1) is 18.8 Å². The maximum absolute atomic E-state index is 13.5. The standard InChI is InChI=1S/C24H26FN3O3/c1-16-3-8-20(17(2)15-16)26-22-21(18-4-6-19(25)7-5-18)23(29)28(24(22)30)10-9-27-11-13-31-14-12-27/h3-8,15,26H,9-14H2,1-2H3. The van der Waals surface area contributed by atoms with Crippen molar-refractivity contribution < 1.29 is 18.7 Å². The summed E-state index contributed by atoms with van der Waals surface area (Å²) >= 11 is 0. The van der Waals surface area contributed by atoms with Crippen molar-refractivity contribution >= 4 is 23.1 Å². The van der Waals surface area contributed by atoms with Crippen LogP contribution in [-0.4, -0.2) is 61.0 Å². The molecule has 0 radical (unpaired) electrons. The van der Waals surface area contributed by atoms with Crippen molar-refractivity contribution in [3.8, 4) is 0 Å². The summed E-state index contributed by atoms with van der Waals surface area (Å²) in [6.07, 6.45) is 0. The van der Waals surface area contributed by atoms with Crippen molar-refractivity contribution in [3.05, 3.63) is 70.7 Å². The number of hydrogen-bond donors (Lipinski definition) is 1. The Bertz CT molecular complexity index is 1030. The van der Waals surface area contributed by atoms with Crippen LogP contribution in [0.4, 0.5) is 10.1 Å². The van der Waals surface area contributed by atoms with Gasteiger partial charge in [-0.2, -0.15) is 0 Å². The lowest BCUT2D eigenvalue weighted by atomic mass is 10.0. The summed E-state index contributed by atoms with van der Waals surface area (Å²) in [5.41, 5.74) is 3.85. The fourth-order valence-electron chi connectivity index (χ4n) is 3.93. The highest BCUT2D eigenvalue weighted by molar-refractivity contribution is 6.36. The van der Waals surface area contributed by atoms with Crippen molar-refractivity contribution in [3.63, 3.8) is 0 Å². The summed E-state index contributed by atoms with van der Waals surface area (Å²) in [4.78, 5) is 30.0. The maximum atomic E-state index is 13.5. The van der Waals surface area contributed by atoms with Gasteiger partial charge in [0.25, 0.3) is 11.8 Å². The lowest BCUT2D eigenvalue weighted by Gasteiger charge is -2.28. The van der Waals surface area contributed by atoms with Crippen molar-refractivity contribution in [1.82, 2.24) is 9.80 Å². The molecule has 2 heterocycles. The minimum Gasteiger partial charge on any atom is -0.379 e. The first kappa shape index (κ1) is 21.2. The van der Waals surface area contributed by atoms with Gasteiger partial charge in [-0.05, 0) is 43.2 Å². The molecular weight excluding hydrogens is 397 g/mol. The molecule has 6 nitrogen and oxygen atoms in total. The highest BCUT2D eigenvalue weighted by atomic mass is 19.1. The van der Waals surface area contributed by atoms with E-state index in [-0.39, 0.29) is 23.1 Å². The molecule has 0 aromatic heterocycles. The van der Waals surface area contributed by atoms with Gasteiger partial charge < -0.3 is 10.1 Å². The van der Waals surface area contributed by atoms with Crippen LogP contribution in [-0.2, 0) is 14.3 Å². The Hall–Kier alpha value is -3.03. The lowest BCUT2D eigenvalue weighted by molar-refractivity contribution is -0.137. The van der Waals surface area contributed by atoms with Gasteiger partial charge in [0, 0.05) is 31.9 Å². The number of rotatable bonds is 6. The number of aryl methyl sites for hydroxylation is 2. The predicted molar refractivity (Wildman–Crippen MR) is 117 cm³/mol. The number of anilines is 1. The number of nitrogens with one attached hydrogen (secondary N) is 1. The molecule has 7 heteroatoms. The Morgan fingerprint density at radius 1 is 0.968 bits per heavy atom. The molecule has 0 aliphatic carbocycles. The van der Waals surface area contributed by atoms with E-state index in [4.69, 9.17) is 4.74 Å². The number of carbonyl (C=O) groups is 2. The molecule has 1 N–H and O–H groups in total. The van der Waals surface area contributed by atoms with E-state index in [2.05, 4.69) is 10.2 Å². The van der Waals surface area contributed by atoms with E-state index >= 15 is 0 Å². The number of nitrogens with zero attached hydrogens (tertiary/aromatic N) is 2. The number of benzene rings is 2. The van der Waals surface area contributed by atoms with Crippen LogP contribution in [0.15, 0.2) is 48.2 Å². The molecule has 2 aromatic carbocycles. The molecule has 2 aromatic rings. The molecule has 2 aliphatic rings. The van der Waals surface area contributed by atoms with Crippen LogP contribution < -0.4 is 5.32 Å². The Balaban J connectivity index is 1.64. The van der Waals surface area contributed by atoms with E-state index in [0.29, 0.717) is 31.9 Å². The van der Waals surface area contributed by atoms with Gasteiger partial charge in [-0.3, -0.25) is 19.4 Å². The first-order valence-electron chi connectivity index (χ1n) is 10.4. The Labute approximate surface area is 181 Å². The molecule has 0 spiro atoms. The number of hydrogen-bond acceptors (Lipinski definition) is 5. The van der Waals surface area contributed by atoms with Crippen molar-refractivity contribution in [1.29, 1.82) is 0 Å². The number of carbonyl (C=O) groups excluding carboxylic acids is 2. The number of halogens is 1. The summed E-state index contributed by atoms with van der Waals surface area (Å²) < 4.78 is 18.8. The van der Waals surface area contributed by atoms with Gasteiger partial charge in [0.15, 0.2) is 0 Å². The quantitative estimate of drug-likeness (QED) is 0.724. The van der Waals surface area contributed by atoms with Crippen LogP contribution in [0.2, 0.25) is 0 Å². The minimum atomic E-state index is -0.394. The zero-order chi connectivity index (χ0) is 22.0. The molecule has 2 aliphatic heterocycles. The zero-order valence-electron chi connectivity index (χ0n) is 17.8. The molecule has 0 saturated carbocycles. The number of imide groups is 1. The van der Waals surface area contributed by atoms with E-state index in [1.54, 1.807) is 0 Å². The van der Waals surface area contributed by atoms with Gasteiger partial charge in [0.2, 0.25) is 0 Å². The third-order valence-electron chi connectivity index (χ3n) is 5.69. The van der Waals surface area contributed by atoms with E-state index < -0.39 is 5.82 Å². The number of amides is 2. The minimum absolute atomic E-state index is 0.227. The topological polar surface area (TPSA) is 61.9 Å². The smallest absolute Gasteiger partial charge is 0.278 e. The Kier molecular flexibility index (Phi) is 6.15. The molecule has 4 rings (SSSR count). The SMILES string of the molecule is Cc1ccc(NC2=C(c3ccc(F)cc3)C(=O)N(CCN3CCOCC3)C2=O)c(C)c1. The van der Waals surface area contributed by atoms with Crippen LogP contribution in [0.25, 0.3) is 5.57 Å².